The molecule has 7 aromatic rings. The molecule has 0 aliphatic heterocycles. The van der Waals surface area contributed by atoms with E-state index in [0.29, 0.717) is 5.82 Å². The summed E-state index contributed by atoms with van der Waals surface area (Å²) >= 11 is 0. The van der Waals surface area contributed by atoms with Gasteiger partial charge < -0.3 is 4.42 Å². The number of rotatable bonds is 3. The fourth-order valence-electron chi connectivity index (χ4n) is 6.21. The van der Waals surface area contributed by atoms with E-state index < -0.39 is 0 Å². The Morgan fingerprint density at radius 2 is 1.15 bits per heavy atom. The van der Waals surface area contributed by atoms with E-state index in [9.17, 15) is 0 Å². The van der Waals surface area contributed by atoms with Crippen molar-refractivity contribution in [2.24, 2.45) is 0 Å². The quantitative estimate of drug-likeness (QED) is 0.236. The Labute approximate surface area is 232 Å². The highest BCUT2D eigenvalue weighted by Gasteiger charge is 2.35. The van der Waals surface area contributed by atoms with Crippen molar-refractivity contribution in [2.75, 3.05) is 0 Å². The minimum Gasteiger partial charge on any atom is -0.456 e. The molecule has 1 aliphatic rings. The minimum absolute atomic E-state index is 0.0770. The first kappa shape index (κ1) is 22.9. The lowest BCUT2D eigenvalue weighted by molar-refractivity contribution is 0.660. The minimum atomic E-state index is -0.0770. The predicted octanol–water partition coefficient (Wildman–Crippen LogP) is 9.68. The standard InChI is InChI=1S/C37H26N2O/c1-37(2)30-14-8-6-12-26(30)27-18-16-24(20-31(27)37)32-22-33(39-36(38-32)23-10-4-3-5-11-23)25-17-19-29-28-13-7-9-15-34(28)40-35(29)21-25/h3-22H,1-2H3. The van der Waals surface area contributed by atoms with Crippen LogP contribution in [-0.2, 0) is 5.41 Å². The van der Waals surface area contributed by atoms with E-state index in [1.54, 1.807) is 0 Å². The fourth-order valence-corrected chi connectivity index (χ4v) is 6.21. The van der Waals surface area contributed by atoms with Crippen LogP contribution < -0.4 is 0 Å². The maximum Gasteiger partial charge on any atom is 0.160 e. The number of furan rings is 1. The first-order valence-corrected chi connectivity index (χ1v) is 13.7. The summed E-state index contributed by atoms with van der Waals surface area (Å²) in [5.74, 6) is 0.709. The summed E-state index contributed by atoms with van der Waals surface area (Å²) in [5.41, 5.74) is 11.9. The van der Waals surface area contributed by atoms with Gasteiger partial charge in [-0.3, -0.25) is 0 Å². The normalized spacial score (nSPS) is 13.4. The van der Waals surface area contributed by atoms with Crippen molar-refractivity contribution < 1.29 is 4.42 Å². The Morgan fingerprint density at radius 1 is 0.500 bits per heavy atom. The second-order valence-electron chi connectivity index (χ2n) is 11.1. The van der Waals surface area contributed by atoms with Gasteiger partial charge in [0.2, 0.25) is 0 Å². The summed E-state index contributed by atoms with van der Waals surface area (Å²) in [4.78, 5) is 10.1. The first-order valence-electron chi connectivity index (χ1n) is 13.7. The topological polar surface area (TPSA) is 38.9 Å². The highest BCUT2D eigenvalue weighted by molar-refractivity contribution is 6.05. The molecule has 0 spiro atoms. The molecule has 190 valence electrons. The number of aromatic nitrogens is 2. The van der Waals surface area contributed by atoms with Crippen molar-refractivity contribution in [1.82, 2.24) is 9.97 Å². The number of hydrogen-bond acceptors (Lipinski definition) is 3. The molecule has 3 nitrogen and oxygen atoms in total. The van der Waals surface area contributed by atoms with Gasteiger partial charge in [0.05, 0.1) is 11.4 Å². The third-order valence-corrected chi connectivity index (χ3v) is 8.31. The van der Waals surface area contributed by atoms with Crippen LogP contribution in [0.4, 0.5) is 0 Å². The molecule has 5 aromatic carbocycles. The molecule has 2 aromatic heterocycles. The highest BCUT2D eigenvalue weighted by Crippen LogP contribution is 2.49. The van der Waals surface area contributed by atoms with Crippen molar-refractivity contribution in [2.45, 2.75) is 19.3 Å². The molecule has 0 fully saturated rings. The molecule has 0 saturated carbocycles. The Bertz CT molecular complexity index is 2090. The lowest BCUT2D eigenvalue weighted by Crippen LogP contribution is -2.14. The molecule has 3 heteroatoms. The van der Waals surface area contributed by atoms with Crippen molar-refractivity contribution in [3.05, 3.63) is 132 Å². The Balaban J connectivity index is 1.31. The summed E-state index contributed by atoms with van der Waals surface area (Å²) in [6.07, 6.45) is 0. The van der Waals surface area contributed by atoms with Gasteiger partial charge in [-0.25, -0.2) is 9.97 Å². The molecule has 40 heavy (non-hydrogen) atoms. The first-order chi connectivity index (χ1) is 19.6. The number of nitrogens with zero attached hydrogens (tertiary/aromatic N) is 2. The van der Waals surface area contributed by atoms with Crippen LogP contribution in [-0.4, -0.2) is 9.97 Å². The van der Waals surface area contributed by atoms with Crippen LogP contribution in [0.25, 0.3) is 67.0 Å². The molecule has 0 saturated heterocycles. The van der Waals surface area contributed by atoms with Gasteiger partial charge >= 0.3 is 0 Å². The Morgan fingerprint density at radius 3 is 2.00 bits per heavy atom. The van der Waals surface area contributed by atoms with Gasteiger partial charge in [-0.2, -0.15) is 0 Å². The third-order valence-electron chi connectivity index (χ3n) is 8.31. The Hall–Kier alpha value is -5.02. The van der Waals surface area contributed by atoms with Crippen LogP contribution in [0.15, 0.2) is 126 Å². The Kier molecular flexibility index (Phi) is 4.86. The molecular weight excluding hydrogens is 488 g/mol. The SMILES string of the molecule is CC1(C)c2ccccc2-c2ccc(-c3cc(-c4ccc5c(c4)oc4ccccc45)nc(-c4ccccc4)n3)cc21. The largest absolute Gasteiger partial charge is 0.456 e. The molecule has 0 radical (unpaired) electrons. The van der Waals surface area contributed by atoms with E-state index in [4.69, 9.17) is 14.4 Å². The zero-order chi connectivity index (χ0) is 26.8. The molecule has 0 amide bonds. The van der Waals surface area contributed by atoms with E-state index in [1.165, 1.54) is 22.3 Å². The van der Waals surface area contributed by atoms with Gasteiger partial charge in [-0.05, 0) is 52.6 Å². The third kappa shape index (κ3) is 3.44. The highest BCUT2D eigenvalue weighted by atomic mass is 16.3. The van der Waals surface area contributed by atoms with Crippen molar-refractivity contribution in [1.29, 1.82) is 0 Å². The molecule has 1 aliphatic carbocycles. The number of para-hydroxylation sites is 1. The lowest BCUT2D eigenvalue weighted by Gasteiger charge is -2.22. The average Bonchev–Trinajstić information content (AvgIpc) is 3.49. The van der Waals surface area contributed by atoms with E-state index in [2.05, 4.69) is 98.8 Å². The molecule has 0 N–H and O–H groups in total. The fraction of sp³-hybridized carbons (Fsp3) is 0.0811. The van der Waals surface area contributed by atoms with E-state index in [0.717, 1.165) is 50.0 Å². The number of benzene rings is 5. The molecule has 0 bridgehead atoms. The molecular formula is C37H26N2O. The maximum absolute atomic E-state index is 6.20. The predicted molar refractivity (Wildman–Crippen MR) is 163 cm³/mol. The van der Waals surface area contributed by atoms with Crippen LogP contribution in [0.5, 0.6) is 0 Å². The van der Waals surface area contributed by atoms with Gasteiger partial charge in [0.25, 0.3) is 0 Å². The van der Waals surface area contributed by atoms with E-state index in [1.807, 2.05) is 36.4 Å². The van der Waals surface area contributed by atoms with Crippen LogP contribution in [0.1, 0.15) is 25.0 Å². The van der Waals surface area contributed by atoms with Crippen LogP contribution in [0.3, 0.4) is 0 Å². The van der Waals surface area contributed by atoms with Crippen molar-refractivity contribution in [3.63, 3.8) is 0 Å². The molecule has 8 rings (SSSR count). The van der Waals surface area contributed by atoms with Crippen molar-refractivity contribution in [3.8, 4) is 45.0 Å². The molecule has 0 atom stereocenters. The van der Waals surface area contributed by atoms with Gasteiger partial charge in [0.15, 0.2) is 5.82 Å². The summed E-state index contributed by atoms with van der Waals surface area (Å²) < 4.78 is 6.20. The lowest BCUT2D eigenvalue weighted by atomic mass is 9.82. The van der Waals surface area contributed by atoms with Gasteiger partial charge in [0, 0.05) is 32.9 Å². The molecule has 0 unspecified atom stereocenters. The van der Waals surface area contributed by atoms with Crippen molar-refractivity contribution >= 4 is 21.9 Å². The van der Waals surface area contributed by atoms with Crippen LogP contribution >= 0.6 is 0 Å². The average molecular weight is 515 g/mol. The second-order valence-corrected chi connectivity index (χ2v) is 11.1. The maximum atomic E-state index is 6.20. The summed E-state index contributed by atoms with van der Waals surface area (Å²) in [5, 5.41) is 2.23. The second kappa shape index (κ2) is 8.49. The summed E-state index contributed by atoms with van der Waals surface area (Å²) in [6.45, 7) is 4.62. The monoisotopic (exact) mass is 514 g/mol. The van der Waals surface area contributed by atoms with Gasteiger partial charge in [0.1, 0.15) is 11.2 Å². The number of hydrogen-bond donors (Lipinski definition) is 0. The van der Waals surface area contributed by atoms with Crippen LogP contribution in [0, 0.1) is 0 Å². The summed E-state index contributed by atoms with van der Waals surface area (Å²) in [6, 6.07) is 42.3. The van der Waals surface area contributed by atoms with E-state index >= 15 is 0 Å². The van der Waals surface area contributed by atoms with Gasteiger partial charge in [-0.1, -0.05) is 105 Å². The van der Waals surface area contributed by atoms with Gasteiger partial charge in [-0.15, -0.1) is 0 Å². The number of fused-ring (bicyclic) bond motifs is 6. The van der Waals surface area contributed by atoms with Crippen LogP contribution in [0.2, 0.25) is 0 Å². The van der Waals surface area contributed by atoms with E-state index in [-0.39, 0.29) is 5.41 Å². The zero-order valence-corrected chi connectivity index (χ0v) is 22.3. The molecule has 2 heterocycles. The zero-order valence-electron chi connectivity index (χ0n) is 22.3. The summed E-state index contributed by atoms with van der Waals surface area (Å²) in [7, 11) is 0. The smallest absolute Gasteiger partial charge is 0.160 e.